The van der Waals surface area contributed by atoms with Gasteiger partial charge in [-0.2, -0.15) is 5.26 Å². The smallest absolute Gasteiger partial charge is 0.166 e. The first-order valence-electron chi connectivity index (χ1n) is 4.88. The lowest BCUT2D eigenvalue weighted by Gasteiger charge is -2.07. The summed E-state index contributed by atoms with van der Waals surface area (Å²) in [7, 11) is 0. The van der Waals surface area contributed by atoms with Crippen LogP contribution in [0.2, 0.25) is 0 Å². The third kappa shape index (κ3) is 3.14. The Kier molecular flexibility index (Phi) is 3.88. The van der Waals surface area contributed by atoms with Crippen LogP contribution < -0.4 is 4.74 Å². The van der Waals surface area contributed by atoms with Crippen LogP contribution in [0.4, 0.5) is 0 Å². The Morgan fingerprint density at radius 1 is 1.29 bits per heavy atom. The molecule has 2 rings (SSSR count). The number of nitrogens with zero attached hydrogens (tertiary/aromatic N) is 3. The molecule has 1 aromatic carbocycles. The van der Waals surface area contributed by atoms with Gasteiger partial charge in [0.05, 0.1) is 15.2 Å². The summed E-state index contributed by atoms with van der Waals surface area (Å²) < 4.78 is 6.54. The molecule has 0 atom stereocenters. The van der Waals surface area contributed by atoms with Crippen molar-refractivity contribution in [1.82, 2.24) is 9.97 Å². The summed E-state index contributed by atoms with van der Waals surface area (Å²) in [5, 5.41) is 8.81. The van der Waals surface area contributed by atoms with E-state index in [1.165, 1.54) is 0 Å². The largest absolute Gasteiger partial charge is 0.484 e. The van der Waals surface area contributed by atoms with Crippen LogP contribution in [0.3, 0.4) is 0 Å². The fourth-order valence-corrected chi connectivity index (χ4v) is 1.72. The predicted octanol–water partition coefficient (Wildman–Crippen LogP) is 2.53. The standard InChI is InChI=1S/C12H8IN3O/c13-10-3-2-9(7-14)6-11(10)17-8-12-15-4-1-5-16-12/h1-6H,8H2. The molecule has 1 heterocycles. The van der Waals surface area contributed by atoms with Crippen molar-refractivity contribution >= 4 is 22.6 Å². The maximum absolute atomic E-state index is 8.81. The number of hydrogen-bond donors (Lipinski definition) is 0. The number of rotatable bonds is 3. The molecule has 5 heteroatoms. The summed E-state index contributed by atoms with van der Waals surface area (Å²) in [6, 6.07) is 9.15. The molecule has 4 nitrogen and oxygen atoms in total. The fourth-order valence-electron chi connectivity index (χ4n) is 1.23. The van der Waals surface area contributed by atoms with Gasteiger partial charge in [-0.1, -0.05) is 0 Å². The highest BCUT2D eigenvalue weighted by molar-refractivity contribution is 14.1. The first kappa shape index (κ1) is 11.8. The second kappa shape index (κ2) is 5.59. The number of benzene rings is 1. The lowest BCUT2D eigenvalue weighted by atomic mass is 10.2. The van der Waals surface area contributed by atoms with E-state index in [1.54, 1.807) is 30.6 Å². The van der Waals surface area contributed by atoms with E-state index in [-0.39, 0.29) is 0 Å². The molecule has 0 aliphatic carbocycles. The second-order valence-corrected chi connectivity index (χ2v) is 4.37. The lowest BCUT2D eigenvalue weighted by molar-refractivity contribution is 0.293. The third-order valence-corrected chi connectivity index (χ3v) is 2.93. The minimum Gasteiger partial charge on any atom is -0.484 e. The Morgan fingerprint density at radius 2 is 2.06 bits per heavy atom. The van der Waals surface area contributed by atoms with Crippen LogP contribution in [-0.2, 0) is 6.61 Å². The van der Waals surface area contributed by atoms with Crippen molar-refractivity contribution in [2.24, 2.45) is 0 Å². The van der Waals surface area contributed by atoms with E-state index in [4.69, 9.17) is 10.00 Å². The number of aromatic nitrogens is 2. The normalized spacial score (nSPS) is 9.65. The zero-order valence-electron chi connectivity index (χ0n) is 8.80. The summed E-state index contributed by atoms with van der Waals surface area (Å²) >= 11 is 2.16. The van der Waals surface area contributed by atoms with Crippen molar-refractivity contribution in [3.05, 3.63) is 51.6 Å². The zero-order chi connectivity index (χ0) is 12.1. The average molecular weight is 337 g/mol. The van der Waals surface area contributed by atoms with Crippen LogP contribution in [0.5, 0.6) is 5.75 Å². The number of hydrogen-bond acceptors (Lipinski definition) is 4. The molecule has 0 fully saturated rings. The molecule has 0 N–H and O–H groups in total. The Balaban J connectivity index is 2.12. The Bertz CT molecular complexity index is 551. The highest BCUT2D eigenvalue weighted by Crippen LogP contribution is 2.22. The number of halogens is 1. The first-order valence-corrected chi connectivity index (χ1v) is 5.96. The molecule has 17 heavy (non-hydrogen) atoms. The first-order chi connectivity index (χ1) is 8.29. The van der Waals surface area contributed by atoms with Crippen molar-refractivity contribution in [3.63, 3.8) is 0 Å². The third-order valence-electron chi connectivity index (χ3n) is 2.04. The minimum atomic E-state index is 0.297. The van der Waals surface area contributed by atoms with Crippen molar-refractivity contribution in [2.75, 3.05) is 0 Å². The predicted molar refractivity (Wildman–Crippen MR) is 70.2 cm³/mol. The van der Waals surface area contributed by atoms with E-state index in [1.807, 2.05) is 6.07 Å². The molecule has 0 spiro atoms. The fraction of sp³-hybridized carbons (Fsp3) is 0.0833. The number of ether oxygens (including phenoxy) is 1. The van der Waals surface area contributed by atoms with Crippen molar-refractivity contribution in [3.8, 4) is 11.8 Å². The van der Waals surface area contributed by atoms with Gasteiger partial charge in [-0.3, -0.25) is 0 Å². The van der Waals surface area contributed by atoms with Crippen LogP contribution in [0.1, 0.15) is 11.4 Å². The van der Waals surface area contributed by atoms with Gasteiger partial charge in [-0.05, 0) is 46.9 Å². The lowest BCUT2D eigenvalue weighted by Crippen LogP contribution is -2.01. The highest BCUT2D eigenvalue weighted by atomic mass is 127. The van der Waals surface area contributed by atoms with Crippen molar-refractivity contribution < 1.29 is 4.74 Å². The molecular formula is C12H8IN3O. The van der Waals surface area contributed by atoms with Gasteiger partial charge in [0, 0.05) is 12.4 Å². The zero-order valence-corrected chi connectivity index (χ0v) is 11.0. The summed E-state index contributed by atoms with van der Waals surface area (Å²) in [5.74, 6) is 1.29. The van der Waals surface area contributed by atoms with Crippen LogP contribution >= 0.6 is 22.6 Å². The molecule has 0 radical (unpaired) electrons. The summed E-state index contributed by atoms with van der Waals surface area (Å²) in [6.45, 7) is 0.297. The van der Waals surface area contributed by atoms with Crippen molar-refractivity contribution in [2.45, 2.75) is 6.61 Å². The van der Waals surface area contributed by atoms with E-state index >= 15 is 0 Å². The van der Waals surface area contributed by atoms with Gasteiger partial charge in [-0.15, -0.1) is 0 Å². The molecule has 1 aromatic heterocycles. The quantitative estimate of drug-likeness (QED) is 0.808. The molecule has 0 saturated heterocycles. The van der Waals surface area contributed by atoms with Crippen LogP contribution in [-0.4, -0.2) is 9.97 Å². The second-order valence-electron chi connectivity index (χ2n) is 3.21. The van der Waals surface area contributed by atoms with E-state index in [0.29, 0.717) is 23.7 Å². The monoisotopic (exact) mass is 337 g/mol. The maximum atomic E-state index is 8.81. The Hall–Kier alpha value is -1.68. The van der Waals surface area contributed by atoms with Gasteiger partial charge in [0.2, 0.25) is 0 Å². The summed E-state index contributed by atoms with van der Waals surface area (Å²) in [4.78, 5) is 8.12. The van der Waals surface area contributed by atoms with E-state index in [0.717, 1.165) is 3.57 Å². The van der Waals surface area contributed by atoms with Gasteiger partial charge < -0.3 is 4.74 Å². The SMILES string of the molecule is N#Cc1ccc(I)c(OCc2ncccn2)c1. The van der Waals surface area contributed by atoms with Gasteiger partial charge in [-0.25, -0.2) is 9.97 Å². The molecule has 0 saturated carbocycles. The van der Waals surface area contributed by atoms with Gasteiger partial charge in [0.1, 0.15) is 12.4 Å². The van der Waals surface area contributed by atoms with Gasteiger partial charge in [0.25, 0.3) is 0 Å². The summed E-state index contributed by atoms with van der Waals surface area (Å²) in [5.41, 5.74) is 0.578. The maximum Gasteiger partial charge on any atom is 0.166 e. The van der Waals surface area contributed by atoms with Crippen LogP contribution in [0.25, 0.3) is 0 Å². The van der Waals surface area contributed by atoms with E-state index < -0.39 is 0 Å². The van der Waals surface area contributed by atoms with Gasteiger partial charge in [0.15, 0.2) is 5.82 Å². The molecule has 0 unspecified atom stereocenters. The molecule has 0 amide bonds. The Morgan fingerprint density at radius 3 is 2.76 bits per heavy atom. The van der Waals surface area contributed by atoms with Crippen molar-refractivity contribution in [1.29, 1.82) is 5.26 Å². The average Bonchev–Trinajstić information content (AvgIpc) is 2.39. The van der Waals surface area contributed by atoms with Crippen LogP contribution in [0.15, 0.2) is 36.7 Å². The molecule has 84 valence electrons. The topological polar surface area (TPSA) is 58.8 Å². The highest BCUT2D eigenvalue weighted by Gasteiger charge is 2.04. The van der Waals surface area contributed by atoms with E-state index in [9.17, 15) is 0 Å². The minimum absolute atomic E-state index is 0.297. The van der Waals surface area contributed by atoms with Gasteiger partial charge >= 0.3 is 0 Å². The molecule has 0 aliphatic heterocycles. The van der Waals surface area contributed by atoms with Crippen LogP contribution in [0, 0.1) is 14.9 Å². The molecular weight excluding hydrogens is 329 g/mol. The molecule has 2 aromatic rings. The Labute approximate surface area is 112 Å². The molecule has 0 aliphatic rings. The molecule has 0 bridgehead atoms. The summed E-state index contributed by atoms with van der Waals surface area (Å²) in [6.07, 6.45) is 3.34. The van der Waals surface area contributed by atoms with E-state index in [2.05, 4.69) is 38.6 Å². The number of nitriles is 1.